The van der Waals surface area contributed by atoms with Crippen molar-refractivity contribution in [2.75, 3.05) is 19.5 Å². The number of carbonyl (C=O) groups is 1. The number of ether oxygens (including phenoxy) is 1. The van der Waals surface area contributed by atoms with E-state index in [9.17, 15) is 9.59 Å². The number of benzene rings is 2. The normalized spacial score (nSPS) is 11.0. The second-order valence-electron chi connectivity index (χ2n) is 6.20. The molecule has 0 fully saturated rings. The average Bonchev–Trinajstić information content (AvgIpc) is 2.71. The van der Waals surface area contributed by atoms with Crippen LogP contribution in [0.25, 0.3) is 10.9 Å². The highest BCUT2D eigenvalue weighted by Crippen LogP contribution is 2.20. The molecule has 1 aromatic heterocycles. The van der Waals surface area contributed by atoms with Crippen molar-refractivity contribution in [1.82, 2.24) is 14.9 Å². The molecule has 0 aliphatic carbocycles. The summed E-state index contributed by atoms with van der Waals surface area (Å²) in [6, 6.07) is 12.2. The molecule has 2 aromatic carbocycles. The fourth-order valence-electron chi connectivity index (χ4n) is 2.65. The molecule has 0 unspecified atom stereocenters. The van der Waals surface area contributed by atoms with Gasteiger partial charge in [0.15, 0.2) is 5.16 Å². The molecular weight excluding hydrogens is 433 g/mol. The van der Waals surface area contributed by atoms with Gasteiger partial charge in [0.1, 0.15) is 0 Å². The lowest BCUT2D eigenvalue weighted by Crippen LogP contribution is -2.27. The molecule has 0 aliphatic heterocycles. The fraction of sp³-hybridized carbons (Fsp3) is 0.250. The fourth-order valence-corrected chi connectivity index (χ4v) is 3.80. The highest BCUT2D eigenvalue weighted by Gasteiger charge is 2.13. The van der Waals surface area contributed by atoms with Gasteiger partial charge in [0.25, 0.3) is 5.56 Å². The first-order valence-corrected chi connectivity index (χ1v) is 10.5. The molecule has 152 valence electrons. The number of carbonyl (C=O) groups excluding carboxylic acids is 1. The van der Waals surface area contributed by atoms with Crippen LogP contribution in [-0.2, 0) is 22.6 Å². The average molecular weight is 452 g/mol. The highest BCUT2D eigenvalue weighted by atomic mass is 35.5. The second-order valence-corrected chi connectivity index (χ2v) is 8.01. The van der Waals surface area contributed by atoms with Crippen molar-refractivity contribution in [3.8, 4) is 0 Å². The molecule has 6 nitrogen and oxygen atoms in total. The number of nitrogens with one attached hydrogen (secondary N) is 1. The molecule has 1 heterocycles. The summed E-state index contributed by atoms with van der Waals surface area (Å²) in [6.45, 7) is 1.10. The zero-order valence-electron chi connectivity index (χ0n) is 15.7. The largest absolute Gasteiger partial charge is 0.383 e. The van der Waals surface area contributed by atoms with Gasteiger partial charge >= 0.3 is 0 Å². The molecule has 1 N–H and O–H groups in total. The molecule has 29 heavy (non-hydrogen) atoms. The molecule has 0 aliphatic rings. The molecule has 0 bridgehead atoms. The third-order valence-corrected chi connectivity index (χ3v) is 5.60. The standard InChI is InChI=1S/C20H19Cl2N3O3S/c1-28-9-8-25-19(27)16-7-6-15(22)10-17(16)24-20(25)29-12-18(26)23-11-13-2-4-14(21)5-3-13/h2-7,10H,8-9,11-12H2,1H3,(H,23,26). The monoisotopic (exact) mass is 451 g/mol. The van der Waals surface area contributed by atoms with Crippen LogP contribution in [-0.4, -0.2) is 34.9 Å². The van der Waals surface area contributed by atoms with Crippen LogP contribution in [0, 0.1) is 0 Å². The number of hydrogen-bond donors (Lipinski definition) is 1. The van der Waals surface area contributed by atoms with Crippen LogP contribution in [0.2, 0.25) is 10.0 Å². The van der Waals surface area contributed by atoms with Crippen LogP contribution in [0.4, 0.5) is 0 Å². The highest BCUT2D eigenvalue weighted by molar-refractivity contribution is 7.99. The van der Waals surface area contributed by atoms with E-state index in [0.717, 1.165) is 5.56 Å². The number of methoxy groups -OCH3 is 1. The molecule has 9 heteroatoms. The maximum atomic E-state index is 12.8. The summed E-state index contributed by atoms with van der Waals surface area (Å²) in [5, 5.41) is 4.91. The van der Waals surface area contributed by atoms with E-state index in [1.54, 1.807) is 37.4 Å². The molecular formula is C20H19Cl2N3O3S. The van der Waals surface area contributed by atoms with E-state index in [2.05, 4.69) is 10.3 Å². The minimum atomic E-state index is -0.187. The molecule has 1 amide bonds. The predicted molar refractivity (Wildman–Crippen MR) is 117 cm³/mol. The number of hydrogen-bond acceptors (Lipinski definition) is 5. The number of amides is 1. The van der Waals surface area contributed by atoms with Gasteiger partial charge in [-0.15, -0.1) is 0 Å². The maximum absolute atomic E-state index is 12.8. The van der Waals surface area contributed by atoms with Crippen LogP contribution in [0.3, 0.4) is 0 Å². The number of rotatable bonds is 8. The lowest BCUT2D eigenvalue weighted by atomic mass is 10.2. The van der Waals surface area contributed by atoms with Gasteiger partial charge in [-0.1, -0.05) is 47.1 Å². The van der Waals surface area contributed by atoms with E-state index in [0.29, 0.717) is 45.8 Å². The van der Waals surface area contributed by atoms with Crippen LogP contribution in [0.15, 0.2) is 52.4 Å². The Hall–Kier alpha value is -2.06. The van der Waals surface area contributed by atoms with Gasteiger partial charge < -0.3 is 10.1 Å². The van der Waals surface area contributed by atoms with Gasteiger partial charge in [0.05, 0.1) is 29.8 Å². The molecule has 0 saturated heterocycles. The third kappa shape index (κ3) is 5.73. The number of nitrogens with zero attached hydrogens (tertiary/aromatic N) is 2. The first kappa shape index (κ1) is 21.6. The van der Waals surface area contributed by atoms with Gasteiger partial charge in [-0.3, -0.25) is 14.2 Å². The van der Waals surface area contributed by atoms with Crippen LogP contribution >= 0.6 is 35.0 Å². The molecule has 0 saturated carbocycles. The summed E-state index contributed by atoms with van der Waals surface area (Å²) in [7, 11) is 1.57. The van der Waals surface area contributed by atoms with Crippen molar-refractivity contribution < 1.29 is 9.53 Å². The molecule has 0 atom stereocenters. The number of thioether (sulfide) groups is 1. The van der Waals surface area contributed by atoms with Crippen molar-refractivity contribution >= 4 is 51.8 Å². The minimum absolute atomic E-state index is 0.124. The van der Waals surface area contributed by atoms with Crippen molar-refractivity contribution in [2.45, 2.75) is 18.2 Å². The summed E-state index contributed by atoms with van der Waals surface area (Å²) in [5.74, 6) is -0.0392. The van der Waals surface area contributed by atoms with Crippen molar-refractivity contribution in [3.05, 3.63) is 68.4 Å². The molecule has 3 aromatic rings. The van der Waals surface area contributed by atoms with Crippen molar-refractivity contribution in [1.29, 1.82) is 0 Å². The van der Waals surface area contributed by atoms with Gasteiger partial charge in [-0.25, -0.2) is 4.98 Å². The predicted octanol–water partition coefficient (Wildman–Crippen LogP) is 3.76. The van der Waals surface area contributed by atoms with Crippen LogP contribution in [0.1, 0.15) is 5.56 Å². The topological polar surface area (TPSA) is 73.2 Å². The maximum Gasteiger partial charge on any atom is 0.262 e. The SMILES string of the molecule is COCCn1c(SCC(=O)NCc2ccc(Cl)cc2)nc2cc(Cl)ccc2c1=O. The van der Waals surface area contributed by atoms with E-state index in [1.165, 1.54) is 16.3 Å². The van der Waals surface area contributed by atoms with Crippen molar-refractivity contribution in [3.63, 3.8) is 0 Å². The number of halogens is 2. The number of fused-ring (bicyclic) bond motifs is 1. The lowest BCUT2D eigenvalue weighted by molar-refractivity contribution is -0.118. The Kier molecular flexibility index (Phi) is 7.55. The first-order chi connectivity index (χ1) is 14.0. The Labute approximate surface area is 182 Å². The van der Waals surface area contributed by atoms with Gasteiger partial charge in [0.2, 0.25) is 5.91 Å². The van der Waals surface area contributed by atoms with Gasteiger partial charge in [-0.2, -0.15) is 0 Å². The van der Waals surface area contributed by atoms with Crippen LogP contribution in [0.5, 0.6) is 0 Å². The molecule has 0 radical (unpaired) electrons. The first-order valence-electron chi connectivity index (χ1n) is 8.81. The lowest BCUT2D eigenvalue weighted by Gasteiger charge is -2.13. The molecule has 3 rings (SSSR count). The van der Waals surface area contributed by atoms with Crippen molar-refractivity contribution in [2.24, 2.45) is 0 Å². The smallest absolute Gasteiger partial charge is 0.262 e. The Balaban J connectivity index is 1.74. The van der Waals surface area contributed by atoms with E-state index in [1.807, 2.05) is 12.1 Å². The number of aromatic nitrogens is 2. The summed E-state index contributed by atoms with van der Waals surface area (Å²) in [4.78, 5) is 29.7. The van der Waals surface area contributed by atoms with E-state index in [4.69, 9.17) is 27.9 Å². The summed E-state index contributed by atoms with van der Waals surface area (Å²) in [5.41, 5.74) is 1.26. The van der Waals surface area contributed by atoms with Gasteiger partial charge in [-0.05, 0) is 35.9 Å². The summed E-state index contributed by atoms with van der Waals surface area (Å²) in [6.07, 6.45) is 0. The van der Waals surface area contributed by atoms with Crippen LogP contribution < -0.4 is 10.9 Å². The van der Waals surface area contributed by atoms with E-state index in [-0.39, 0.29) is 17.2 Å². The Bertz CT molecular complexity index is 1070. The second kappa shape index (κ2) is 10.1. The zero-order chi connectivity index (χ0) is 20.8. The quantitative estimate of drug-likeness (QED) is 0.416. The van der Waals surface area contributed by atoms with E-state index < -0.39 is 0 Å². The third-order valence-electron chi connectivity index (χ3n) is 4.14. The minimum Gasteiger partial charge on any atom is -0.383 e. The Morgan fingerprint density at radius 3 is 2.62 bits per heavy atom. The Morgan fingerprint density at radius 2 is 1.90 bits per heavy atom. The Morgan fingerprint density at radius 1 is 1.17 bits per heavy atom. The molecule has 0 spiro atoms. The van der Waals surface area contributed by atoms with Gasteiger partial charge in [0, 0.05) is 23.7 Å². The summed E-state index contributed by atoms with van der Waals surface area (Å²) >= 11 is 13.1. The summed E-state index contributed by atoms with van der Waals surface area (Å²) < 4.78 is 6.63. The van der Waals surface area contributed by atoms with E-state index >= 15 is 0 Å². The zero-order valence-corrected chi connectivity index (χ0v) is 18.0.